The smallest absolute Gasteiger partial charge is 0.270 e. The predicted molar refractivity (Wildman–Crippen MR) is 84.9 cm³/mol. The number of nitrogens with one attached hydrogen (secondary N) is 1. The van der Waals surface area contributed by atoms with E-state index in [-0.39, 0.29) is 11.9 Å². The molecule has 2 aromatic heterocycles. The molecule has 10 heteroatoms. The number of aromatic nitrogens is 6. The average molecular weight is 334 g/mol. The van der Waals surface area contributed by atoms with Crippen LogP contribution in [0.25, 0.3) is 0 Å². The number of tetrazole rings is 1. The van der Waals surface area contributed by atoms with Gasteiger partial charge in [0.15, 0.2) is 0 Å². The molecular weight excluding hydrogens is 316 g/mol. The van der Waals surface area contributed by atoms with Crippen LogP contribution in [-0.4, -0.2) is 48.4 Å². The lowest BCUT2D eigenvalue weighted by Gasteiger charge is -2.17. The highest BCUT2D eigenvalue weighted by Gasteiger charge is 2.21. The second-order valence-electron chi connectivity index (χ2n) is 5.25. The molecule has 0 saturated carbocycles. The van der Waals surface area contributed by atoms with Crippen molar-refractivity contribution in [3.05, 3.63) is 17.0 Å². The zero-order valence-corrected chi connectivity index (χ0v) is 13.6. The van der Waals surface area contributed by atoms with Crippen LogP contribution in [0.15, 0.2) is 5.16 Å². The second-order valence-corrected chi connectivity index (χ2v) is 6.31. The third-order valence-corrected chi connectivity index (χ3v) is 4.63. The molecular formula is C13H18N8OS. The fourth-order valence-electron chi connectivity index (χ4n) is 2.54. The van der Waals surface area contributed by atoms with Gasteiger partial charge in [0.2, 0.25) is 11.1 Å². The van der Waals surface area contributed by atoms with Crippen molar-refractivity contribution < 1.29 is 4.79 Å². The number of hydrogen-bond acceptors (Lipinski definition) is 8. The number of carbonyl (C=O) groups is 1. The molecule has 2 heterocycles. The van der Waals surface area contributed by atoms with Crippen LogP contribution in [-0.2, 0) is 19.9 Å². The van der Waals surface area contributed by atoms with Gasteiger partial charge >= 0.3 is 0 Å². The largest absolute Gasteiger partial charge is 0.368 e. The molecule has 0 aliphatic heterocycles. The highest BCUT2D eigenvalue weighted by atomic mass is 32.2. The van der Waals surface area contributed by atoms with E-state index in [0.717, 1.165) is 36.9 Å². The molecule has 1 aliphatic carbocycles. The predicted octanol–water partition coefficient (Wildman–Crippen LogP) is -0.0168. The van der Waals surface area contributed by atoms with Crippen LogP contribution in [0.4, 0.5) is 5.95 Å². The third kappa shape index (κ3) is 3.58. The number of nitrogens with zero attached hydrogens (tertiary/aromatic N) is 6. The van der Waals surface area contributed by atoms with Crippen molar-refractivity contribution in [2.75, 3.05) is 18.0 Å². The maximum Gasteiger partial charge on any atom is 0.270 e. The number of hydrogen-bond donors (Lipinski definition) is 2. The van der Waals surface area contributed by atoms with E-state index in [2.05, 4.69) is 30.8 Å². The molecule has 0 spiro atoms. The Kier molecular flexibility index (Phi) is 4.70. The average Bonchev–Trinajstić information content (AvgIpc) is 2.95. The van der Waals surface area contributed by atoms with Crippen LogP contribution in [0.1, 0.15) is 34.6 Å². The quantitative estimate of drug-likeness (QED) is 0.577. The Hall–Kier alpha value is -2.23. The van der Waals surface area contributed by atoms with Crippen molar-refractivity contribution in [1.29, 1.82) is 0 Å². The van der Waals surface area contributed by atoms with Gasteiger partial charge < -0.3 is 11.1 Å². The molecule has 0 fully saturated rings. The molecule has 0 aromatic carbocycles. The van der Waals surface area contributed by atoms with Gasteiger partial charge in [0.25, 0.3) is 5.91 Å². The zero-order chi connectivity index (χ0) is 16.2. The van der Waals surface area contributed by atoms with E-state index in [1.165, 1.54) is 11.8 Å². The number of thioether (sulfide) groups is 1. The molecule has 0 bridgehead atoms. The standard InChI is InChI=1S/C13H18N8OS/c1-21-13(18-19-20-21)23-7-6-15-11(22)10-8-4-2-3-5-9(8)16-12(14)17-10/h2-7H2,1H3,(H,15,22)(H2,14,16,17). The van der Waals surface area contributed by atoms with Crippen molar-refractivity contribution in [2.24, 2.45) is 7.05 Å². The molecule has 122 valence electrons. The molecule has 1 amide bonds. The molecule has 2 aromatic rings. The SMILES string of the molecule is Cn1nnnc1SCCNC(=O)c1nc(N)nc2c1CCCC2. The molecule has 3 rings (SSSR count). The lowest BCUT2D eigenvalue weighted by Crippen LogP contribution is -2.29. The molecule has 0 saturated heterocycles. The highest BCUT2D eigenvalue weighted by molar-refractivity contribution is 7.99. The fraction of sp³-hybridized carbons (Fsp3) is 0.538. The molecule has 3 N–H and O–H groups in total. The molecule has 0 unspecified atom stereocenters. The van der Waals surface area contributed by atoms with Crippen molar-refractivity contribution in [3.8, 4) is 0 Å². The van der Waals surface area contributed by atoms with Gasteiger partial charge in [0, 0.05) is 30.6 Å². The number of amides is 1. The first kappa shape index (κ1) is 15.7. The van der Waals surface area contributed by atoms with E-state index in [1.54, 1.807) is 11.7 Å². The summed E-state index contributed by atoms with van der Waals surface area (Å²) in [5.74, 6) is 0.632. The number of carbonyl (C=O) groups excluding carboxylic acids is 1. The highest BCUT2D eigenvalue weighted by Crippen LogP contribution is 2.22. The van der Waals surface area contributed by atoms with Crippen molar-refractivity contribution in [3.63, 3.8) is 0 Å². The summed E-state index contributed by atoms with van der Waals surface area (Å²) in [7, 11) is 1.77. The van der Waals surface area contributed by atoms with Gasteiger partial charge in [-0.15, -0.1) is 5.10 Å². The van der Waals surface area contributed by atoms with E-state index in [0.29, 0.717) is 23.1 Å². The summed E-state index contributed by atoms with van der Waals surface area (Å²) in [5.41, 5.74) is 7.99. The molecule has 1 aliphatic rings. The number of aryl methyl sites for hydroxylation is 2. The molecule has 9 nitrogen and oxygen atoms in total. The van der Waals surface area contributed by atoms with Crippen LogP contribution in [0.5, 0.6) is 0 Å². The minimum atomic E-state index is -0.200. The Morgan fingerprint density at radius 3 is 2.96 bits per heavy atom. The topological polar surface area (TPSA) is 124 Å². The van der Waals surface area contributed by atoms with Crippen molar-refractivity contribution in [1.82, 2.24) is 35.5 Å². The van der Waals surface area contributed by atoms with Gasteiger partial charge in [-0.1, -0.05) is 11.8 Å². The summed E-state index contributed by atoms with van der Waals surface area (Å²) in [6, 6.07) is 0. The van der Waals surface area contributed by atoms with Gasteiger partial charge in [0.05, 0.1) is 0 Å². The van der Waals surface area contributed by atoms with Crippen molar-refractivity contribution >= 4 is 23.6 Å². The number of anilines is 1. The van der Waals surface area contributed by atoms with Crippen LogP contribution in [0, 0.1) is 0 Å². The fourth-order valence-corrected chi connectivity index (χ4v) is 3.24. The lowest BCUT2D eigenvalue weighted by atomic mass is 9.94. The van der Waals surface area contributed by atoms with E-state index in [1.807, 2.05) is 0 Å². The Bertz CT molecular complexity index is 716. The van der Waals surface area contributed by atoms with Crippen LogP contribution in [0.3, 0.4) is 0 Å². The van der Waals surface area contributed by atoms with Gasteiger partial charge in [-0.05, 0) is 36.1 Å². The second kappa shape index (κ2) is 6.90. The number of fused-ring (bicyclic) bond motifs is 1. The van der Waals surface area contributed by atoms with Crippen LogP contribution < -0.4 is 11.1 Å². The number of rotatable bonds is 5. The van der Waals surface area contributed by atoms with Crippen molar-refractivity contribution in [2.45, 2.75) is 30.8 Å². The normalized spacial score (nSPS) is 13.6. The monoisotopic (exact) mass is 334 g/mol. The summed E-state index contributed by atoms with van der Waals surface area (Å²) in [6.45, 7) is 0.495. The minimum Gasteiger partial charge on any atom is -0.368 e. The Labute approximate surface area is 137 Å². The lowest BCUT2D eigenvalue weighted by molar-refractivity contribution is 0.0949. The molecule has 0 atom stereocenters. The first-order chi connectivity index (χ1) is 11.1. The summed E-state index contributed by atoms with van der Waals surface area (Å²) in [6.07, 6.45) is 3.82. The third-order valence-electron chi connectivity index (χ3n) is 3.62. The van der Waals surface area contributed by atoms with Crippen LogP contribution >= 0.6 is 11.8 Å². The maximum absolute atomic E-state index is 12.4. The van der Waals surface area contributed by atoms with E-state index < -0.39 is 0 Å². The summed E-state index contributed by atoms with van der Waals surface area (Å²) in [4.78, 5) is 20.8. The molecule has 23 heavy (non-hydrogen) atoms. The van der Waals surface area contributed by atoms with E-state index in [4.69, 9.17) is 5.73 Å². The number of nitrogens with two attached hydrogens (primary N) is 1. The van der Waals surface area contributed by atoms with Gasteiger partial charge in [0.1, 0.15) is 5.69 Å². The summed E-state index contributed by atoms with van der Waals surface area (Å²) >= 11 is 1.48. The van der Waals surface area contributed by atoms with E-state index in [9.17, 15) is 4.79 Å². The van der Waals surface area contributed by atoms with Gasteiger partial charge in [-0.2, -0.15) is 0 Å². The van der Waals surface area contributed by atoms with Gasteiger partial charge in [-0.3, -0.25) is 4.79 Å². The first-order valence-electron chi connectivity index (χ1n) is 7.44. The summed E-state index contributed by atoms with van der Waals surface area (Å²) < 4.78 is 1.59. The van der Waals surface area contributed by atoms with Gasteiger partial charge in [-0.25, -0.2) is 14.6 Å². The Morgan fingerprint density at radius 1 is 1.35 bits per heavy atom. The Balaban J connectivity index is 1.60. The van der Waals surface area contributed by atoms with Crippen LogP contribution in [0.2, 0.25) is 0 Å². The van der Waals surface area contributed by atoms with E-state index >= 15 is 0 Å². The zero-order valence-electron chi connectivity index (χ0n) is 12.8. The summed E-state index contributed by atoms with van der Waals surface area (Å²) in [5, 5.41) is 14.8. The first-order valence-corrected chi connectivity index (χ1v) is 8.42. The number of nitrogen functional groups attached to an aromatic ring is 1. The molecule has 0 radical (unpaired) electrons. The Morgan fingerprint density at radius 2 is 2.17 bits per heavy atom. The maximum atomic E-state index is 12.4. The minimum absolute atomic E-state index is 0.162.